The van der Waals surface area contributed by atoms with Gasteiger partial charge in [0.15, 0.2) is 5.82 Å². The number of carbonyl (C=O) groups is 1. The normalized spacial score (nSPS) is 14.8. The number of likely N-dealkylation sites (tertiary alicyclic amines) is 1. The number of rotatable bonds is 5. The Morgan fingerprint density at radius 3 is 2.86 bits per heavy atom. The second-order valence-electron chi connectivity index (χ2n) is 6.88. The van der Waals surface area contributed by atoms with Crippen molar-refractivity contribution in [2.75, 3.05) is 20.2 Å². The van der Waals surface area contributed by atoms with Gasteiger partial charge in [-0.15, -0.1) is 0 Å². The Balaban J connectivity index is 1.34. The van der Waals surface area contributed by atoms with E-state index in [0.717, 1.165) is 29.7 Å². The molecule has 1 saturated heterocycles. The third-order valence-electron chi connectivity index (χ3n) is 5.05. The number of piperidine rings is 1. The largest absolute Gasteiger partial charge is 0.497 e. The van der Waals surface area contributed by atoms with Crippen molar-refractivity contribution < 1.29 is 14.1 Å². The fourth-order valence-corrected chi connectivity index (χ4v) is 3.46. The van der Waals surface area contributed by atoms with Crippen molar-refractivity contribution >= 4 is 5.91 Å². The van der Waals surface area contributed by atoms with E-state index in [0.29, 0.717) is 31.2 Å². The minimum absolute atomic E-state index is 0.135. The van der Waals surface area contributed by atoms with Gasteiger partial charge in [-0.25, -0.2) is 0 Å². The number of aromatic nitrogens is 3. The molecule has 2 aromatic heterocycles. The lowest BCUT2D eigenvalue weighted by molar-refractivity contribution is -0.131. The highest BCUT2D eigenvalue weighted by molar-refractivity contribution is 5.79. The molecular weight excluding hydrogens is 356 g/mol. The van der Waals surface area contributed by atoms with Gasteiger partial charge < -0.3 is 14.2 Å². The Kier molecular flexibility index (Phi) is 5.32. The van der Waals surface area contributed by atoms with Crippen LogP contribution in [0.15, 0.2) is 53.3 Å². The van der Waals surface area contributed by atoms with Gasteiger partial charge in [-0.05, 0) is 42.7 Å². The molecule has 0 atom stereocenters. The number of amides is 1. The maximum Gasteiger partial charge on any atom is 0.259 e. The first-order chi connectivity index (χ1) is 13.7. The number of pyridine rings is 1. The first kappa shape index (κ1) is 18.2. The Bertz CT molecular complexity index is 934. The molecule has 7 heteroatoms. The van der Waals surface area contributed by atoms with Crippen LogP contribution in [-0.4, -0.2) is 46.1 Å². The lowest BCUT2D eigenvalue weighted by Gasteiger charge is -2.30. The number of methoxy groups -OCH3 is 1. The van der Waals surface area contributed by atoms with E-state index < -0.39 is 0 Å². The van der Waals surface area contributed by atoms with Crippen LogP contribution in [0.5, 0.6) is 5.75 Å². The highest BCUT2D eigenvalue weighted by atomic mass is 16.5. The molecule has 0 N–H and O–H groups in total. The van der Waals surface area contributed by atoms with Crippen LogP contribution in [0.2, 0.25) is 0 Å². The van der Waals surface area contributed by atoms with Gasteiger partial charge in [0.2, 0.25) is 5.91 Å². The summed E-state index contributed by atoms with van der Waals surface area (Å²) in [4.78, 5) is 23.1. The van der Waals surface area contributed by atoms with E-state index in [1.807, 2.05) is 41.3 Å². The quantitative estimate of drug-likeness (QED) is 0.679. The minimum Gasteiger partial charge on any atom is -0.497 e. The van der Waals surface area contributed by atoms with E-state index in [1.54, 1.807) is 19.5 Å². The second kappa shape index (κ2) is 8.21. The predicted molar refractivity (Wildman–Crippen MR) is 103 cm³/mol. The molecule has 1 amide bonds. The lowest BCUT2D eigenvalue weighted by atomic mass is 9.95. The highest BCUT2D eigenvalue weighted by Crippen LogP contribution is 2.28. The van der Waals surface area contributed by atoms with Crippen molar-refractivity contribution in [3.8, 4) is 17.2 Å². The Morgan fingerprint density at radius 2 is 2.11 bits per heavy atom. The van der Waals surface area contributed by atoms with E-state index in [9.17, 15) is 4.79 Å². The first-order valence-corrected chi connectivity index (χ1v) is 9.37. The Hall–Kier alpha value is -3.22. The molecule has 1 fully saturated rings. The molecule has 1 aromatic carbocycles. The first-order valence-electron chi connectivity index (χ1n) is 9.37. The monoisotopic (exact) mass is 378 g/mol. The van der Waals surface area contributed by atoms with E-state index in [4.69, 9.17) is 9.26 Å². The standard InChI is InChI=1S/C21H22N4O3/c1-27-18-6-2-4-15(12-18)13-19(26)25-10-7-16(8-11-25)20-23-21(28-24-20)17-5-3-9-22-14-17/h2-6,9,12,14,16H,7-8,10-11,13H2,1H3. The van der Waals surface area contributed by atoms with Crippen molar-refractivity contribution in [2.24, 2.45) is 0 Å². The van der Waals surface area contributed by atoms with Crippen molar-refractivity contribution in [2.45, 2.75) is 25.2 Å². The SMILES string of the molecule is COc1cccc(CC(=O)N2CCC(c3noc(-c4cccnc4)n3)CC2)c1. The van der Waals surface area contributed by atoms with E-state index in [-0.39, 0.29) is 11.8 Å². The average Bonchev–Trinajstić information content (AvgIpc) is 3.25. The predicted octanol–water partition coefficient (Wildman–Crippen LogP) is 3.09. The number of carbonyl (C=O) groups excluding carboxylic acids is 1. The Labute approximate surface area is 163 Å². The van der Waals surface area contributed by atoms with Gasteiger partial charge in [-0.3, -0.25) is 9.78 Å². The number of ether oxygens (including phenoxy) is 1. The van der Waals surface area contributed by atoms with E-state index >= 15 is 0 Å². The van der Waals surface area contributed by atoms with Gasteiger partial charge in [0.05, 0.1) is 19.1 Å². The zero-order valence-electron chi connectivity index (χ0n) is 15.7. The van der Waals surface area contributed by atoms with Crippen LogP contribution in [0.25, 0.3) is 11.5 Å². The van der Waals surface area contributed by atoms with Crippen LogP contribution in [0.4, 0.5) is 0 Å². The number of nitrogens with zero attached hydrogens (tertiary/aromatic N) is 4. The summed E-state index contributed by atoms with van der Waals surface area (Å²) < 4.78 is 10.6. The van der Waals surface area contributed by atoms with Crippen LogP contribution in [0.3, 0.4) is 0 Å². The van der Waals surface area contributed by atoms with Gasteiger partial charge >= 0.3 is 0 Å². The summed E-state index contributed by atoms with van der Waals surface area (Å²) in [5, 5.41) is 4.14. The molecule has 7 nitrogen and oxygen atoms in total. The van der Waals surface area contributed by atoms with Crippen LogP contribution < -0.4 is 4.74 Å². The molecule has 3 aromatic rings. The molecule has 0 bridgehead atoms. The van der Waals surface area contributed by atoms with Crippen LogP contribution >= 0.6 is 0 Å². The zero-order chi connectivity index (χ0) is 19.3. The molecule has 0 radical (unpaired) electrons. The van der Waals surface area contributed by atoms with Crippen LogP contribution in [0.1, 0.15) is 30.1 Å². The Morgan fingerprint density at radius 1 is 1.25 bits per heavy atom. The van der Waals surface area contributed by atoms with Crippen LogP contribution in [-0.2, 0) is 11.2 Å². The molecule has 0 saturated carbocycles. The molecule has 28 heavy (non-hydrogen) atoms. The fourth-order valence-electron chi connectivity index (χ4n) is 3.46. The van der Waals surface area contributed by atoms with Gasteiger partial charge in [0.1, 0.15) is 5.75 Å². The van der Waals surface area contributed by atoms with E-state index in [1.165, 1.54) is 0 Å². The minimum atomic E-state index is 0.135. The summed E-state index contributed by atoms with van der Waals surface area (Å²) in [6.45, 7) is 1.40. The average molecular weight is 378 g/mol. The highest BCUT2D eigenvalue weighted by Gasteiger charge is 2.27. The van der Waals surface area contributed by atoms with Gasteiger partial charge in [0.25, 0.3) is 5.89 Å². The summed E-state index contributed by atoms with van der Waals surface area (Å²) >= 11 is 0. The smallest absolute Gasteiger partial charge is 0.259 e. The maximum absolute atomic E-state index is 12.6. The summed E-state index contributed by atoms with van der Waals surface area (Å²) in [5.74, 6) is 2.30. The van der Waals surface area contributed by atoms with Crippen molar-refractivity contribution in [1.82, 2.24) is 20.0 Å². The summed E-state index contributed by atoms with van der Waals surface area (Å²) in [6, 6.07) is 11.4. The molecule has 4 rings (SSSR count). The summed E-state index contributed by atoms with van der Waals surface area (Å²) in [5.41, 5.74) is 1.78. The maximum atomic E-state index is 12.6. The molecule has 144 valence electrons. The molecule has 3 heterocycles. The van der Waals surface area contributed by atoms with Crippen molar-refractivity contribution in [3.63, 3.8) is 0 Å². The summed E-state index contributed by atoms with van der Waals surface area (Å²) in [6.07, 6.45) is 5.46. The summed E-state index contributed by atoms with van der Waals surface area (Å²) in [7, 11) is 1.63. The third kappa shape index (κ3) is 4.03. The molecule has 0 spiro atoms. The topological polar surface area (TPSA) is 81.4 Å². The number of benzene rings is 1. The third-order valence-corrected chi connectivity index (χ3v) is 5.05. The second-order valence-corrected chi connectivity index (χ2v) is 6.88. The van der Waals surface area contributed by atoms with Crippen molar-refractivity contribution in [3.05, 3.63) is 60.2 Å². The molecule has 1 aliphatic heterocycles. The molecule has 0 aliphatic carbocycles. The van der Waals surface area contributed by atoms with Gasteiger partial charge in [0, 0.05) is 31.4 Å². The van der Waals surface area contributed by atoms with Crippen molar-refractivity contribution in [1.29, 1.82) is 0 Å². The van der Waals surface area contributed by atoms with E-state index in [2.05, 4.69) is 15.1 Å². The number of hydrogen-bond acceptors (Lipinski definition) is 6. The van der Waals surface area contributed by atoms with Crippen LogP contribution in [0, 0.1) is 0 Å². The fraction of sp³-hybridized carbons (Fsp3) is 0.333. The van der Waals surface area contributed by atoms with Gasteiger partial charge in [-0.2, -0.15) is 4.98 Å². The zero-order valence-corrected chi connectivity index (χ0v) is 15.7. The molecule has 0 unspecified atom stereocenters. The molecular formula is C21H22N4O3. The number of hydrogen-bond donors (Lipinski definition) is 0. The van der Waals surface area contributed by atoms with Gasteiger partial charge in [-0.1, -0.05) is 17.3 Å². The molecule has 1 aliphatic rings. The lowest BCUT2D eigenvalue weighted by Crippen LogP contribution is -2.39.